The van der Waals surface area contributed by atoms with Crippen LogP contribution in [0.4, 0.5) is 4.79 Å². The molecule has 0 radical (unpaired) electrons. The van der Waals surface area contributed by atoms with Crippen LogP contribution in [0.1, 0.15) is 27.7 Å². The zero-order valence-electron chi connectivity index (χ0n) is 12.6. The van der Waals surface area contributed by atoms with Crippen LogP contribution in [0.5, 0.6) is 0 Å². The molecule has 19 heavy (non-hydrogen) atoms. The summed E-state index contributed by atoms with van der Waals surface area (Å²) in [6.07, 6.45) is -0.742. The zero-order chi connectivity index (χ0) is 15.3. The Balaban J connectivity index is 4.65. The van der Waals surface area contributed by atoms with Gasteiger partial charge in [0.2, 0.25) is 0 Å². The minimum absolute atomic E-state index is 0.132. The number of aliphatic hydroxyl groups is 1. The van der Waals surface area contributed by atoms with Gasteiger partial charge in [0.25, 0.3) is 8.32 Å². The Kier molecular flexibility index (Phi) is 6.51. The fraction of sp³-hybridized carbons (Fsp3) is 0.833. The van der Waals surface area contributed by atoms with E-state index in [4.69, 9.17) is 9.53 Å². The van der Waals surface area contributed by atoms with Crippen LogP contribution in [-0.2, 0) is 14.0 Å². The van der Waals surface area contributed by atoms with Crippen LogP contribution in [0, 0.1) is 0 Å². The van der Waals surface area contributed by atoms with E-state index in [1.165, 1.54) is 0 Å². The van der Waals surface area contributed by atoms with Crippen molar-refractivity contribution < 1.29 is 23.9 Å². The number of aliphatic hydroxyl groups excluding tert-OH is 1. The third kappa shape index (κ3) is 5.60. The smallest absolute Gasteiger partial charge is 0.407 e. The van der Waals surface area contributed by atoms with Crippen LogP contribution >= 0.6 is 0 Å². The van der Waals surface area contributed by atoms with E-state index in [1.54, 1.807) is 6.92 Å². The van der Waals surface area contributed by atoms with Gasteiger partial charge in [0, 0.05) is 0 Å². The van der Waals surface area contributed by atoms with Crippen molar-refractivity contribution in [3.63, 3.8) is 0 Å². The van der Waals surface area contributed by atoms with Gasteiger partial charge >= 0.3 is 12.1 Å². The molecule has 0 spiro atoms. The zero-order valence-corrected chi connectivity index (χ0v) is 13.6. The lowest BCUT2D eigenvalue weighted by atomic mass is 10.2. The summed E-state index contributed by atoms with van der Waals surface area (Å²) in [6, 6.07) is -1.09. The molecule has 1 amide bonds. The molecule has 0 aliphatic heterocycles. The molecule has 0 saturated carbocycles. The van der Waals surface area contributed by atoms with Crippen molar-refractivity contribution in [2.75, 3.05) is 13.2 Å². The highest BCUT2D eigenvalue weighted by Crippen LogP contribution is 2.36. The Morgan fingerprint density at radius 1 is 1.32 bits per heavy atom. The largest absolute Gasteiger partial charge is 0.518 e. The summed E-state index contributed by atoms with van der Waals surface area (Å²) in [6.45, 7) is 11.2. The number of hydrogen-bond acceptors (Lipinski definition) is 5. The van der Waals surface area contributed by atoms with E-state index in [0.717, 1.165) is 0 Å². The quantitative estimate of drug-likeness (QED) is 0.752. The normalized spacial score (nSPS) is 13.6. The second-order valence-corrected chi connectivity index (χ2v) is 10.5. The summed E-state index contributed by atoms with van der Waals surface area (Å²) in [4.78, 5) is 23.2. The van der Waals surface area contributed by atoms with Crippen molar-refractivity contribution in [3.05, 3.63) is 0 Å². The van der Waals surface area contributed by atoms with Gasteiger partial charge in [-0.05, 0) is 25.1 Å². The van der Waals surface area contributed by atoms with E-state index in [9.17, 15) is 9.59 Å². The lowest BCUT2D eigenvalue weighted by Gasteiger charge is -2.36. The molecule has 1 unspecified atom stereocenters. The van der Waals surface area contributed by atoms with Crippen LogP contribution < -0.4 is 5.32 Å². The van der Waals surface area contributed by atoms with Gasteiger partial charge in [0.1, 0.15) is 0 Å². The Morgan fingerprint density at radius 2 is 1.84 bits per heavy atom. The molecule has 7 heteroatoms. The van der Waals surface area contributed by atoms with Crippen molar-refractivity contribution in [2.24, 2.45) is 0 Å². The van der Waals surface area contributed by atoms with E-state index < -0.39 is 33.0 Å². The SMILES string of the molecule is CCOC(=O)NC(CO)C(=O)O[Si](C)(C)C(C)(C)C. The summed E-state index contributed by atoms with van der Waals surface area (Å²) in [5.74, 6) is -0.623. The van der Waals surface area contributed by atoms with Gasteiger partial charge < -0.3 is 19.6 Å². The number of ether oxygens (including phenoxy) is 1. The third-order valence-corrected chi connectivity index (χ3v) is 7.52. The van der Waals surface area contributed by atoms with Crippen LogP contribution in [-0.4, -0.2) is 44.7 Å². The van der Waals surface area contributed by atoms with Crippen LogP contribution in [0.15, 0.2) is 0 Å². The molecule has 0 aromatic heterocycles. The van der Waals surface area contributed by atoms with Gasteiger partial charge in [-0.15, -0.1) is 0 Å². The summed E-state index contributed by atoms with van der Waals surface area (Å²) in [5, 5.41) is 11.3. The molecule has 0 fully saturated rings. The molecule has 0 aromatic rings. The highest BCUT2D eigenvalue weighted by atomic mass is 28.4. The van der Waals surface area contributed by atoms with Gasteiger partial charge in [-0.1, -0.05) is 20.8 Å². The standard InChI is InChI=1S/C12H25NO5Si/c1-7-17-11(16)13-9(8-14)10(15)18-19(5,6)12(2,3)4/h9,14H,7-8H2,1-6H3,(H,13,16). The highest BCUT2D eigenvalue weighted by molar-refractivity contribution is 6.75. The average molecular weight is 291 g/mol. The topological polar surface area (TPSA) is 84.9 Å². The Bertz CT molecular complexity index is 325. The van der Waals surface area contributed by atoms with Crippen molar-refractivity contribution in [2.45, 2.75) is 51.9 Å². The molecule has 0 aromatic carbocycles. The molecule has 0 rings (SSSR count). The Morgan fingerprint density at radius 3 is 2.21 bits per heavy atom. The maximum Gasteiger partial charge on any atom is 0.407 e. The number of rotatable bonds is 5. The van der Waals surface area contributed by atoms with Gasteiger partial charge in [0.05, 0.1) is 13.2 Å². The van der Waals surface area contributed by atoms with Crippen molar-refractivity contribution in [3.8, 4) is 0 Å². The average Bonchev–Trinajstić information content (AvgIpc) is 2.23. The molecule has 0 aliphatic rings. The number of hydrogen-bond donors (Lipinski definition) is 2. The van der Waals surface area contributed by atoms with Crippen molar-refractivity contribution in [1.82, 2.24) is 5.32 Å². The first-order valence-electron chi connectivity index (χ1n) is 6.32. The minimum Gasteiger partial charge on any atom is -0.518 e. The first-order valence-corrected chi connectivity index (χ1v) is 9.23. The first kappa shape index (κ1) is 17.9. The van der Waals surface area contributed by atoms with Gasteiger partial charge in [-0.2, -0.15) is 0 Å². The van der Waals surface area contributed by atoms with Gasteiger partial charge in [0.15, 0.2) is 6.04 Å². The second-order valence-electron chi connectivity index (χ2n) is 5.78. The number of alkyl carbamates (subject to hydrolysis) is 1. The lowest BCUT2D eigenvalue weighted by Crippen LogP contribution is -2.50. The first-order chi connectivity index (χ1) is 8.55. The highest BCUT2D eigenvalue weighted by Gasteiger charge is 2.41. The fourth-order valence-corrected chi connectivity index (χ4v) is 1.92. The molecule has 0 bridgehead atoms. The monoisotopic (exact) mass is 291 g/mol. The molecular weight excluding hydrogens is 266 g/mol. The fourth-order valence-electron chi connectivity index (χ4n) is 0.970. The number of nitrogens with one attached hydrogen (secondary N) is 1. The van der Waals surface area contributed by atoms with E-state index in [2.05, 4.69) is 10.1 Å². The molecule has 112 valence electrons. The lowest BCUT2D eigenvalue weighted by molar-refractivity contribution is -0.138. The summed E-state index contributed by atoms with van der Waals surface area (Å²) < 4.78 is 10.2. The molecule has 0 aliphatic carbocycles. The molecule has 6 nitrogen and oxygen atoms in total. The summed E-state index contributed by atoms with van der Waals surface area (Å²) >= 11 is 0. The third-order valence-electron chi connectivity index (χ3n) is 3.20. The van der Waals surface area contributed by atoms with Gasteiger partial charge in [-0.3, -0.25) is 4.79 Å². The molecule has 2 N–H and O–H groups in total. The second kappa shape index (κ2) is 6.90. The predicted molar refractivity (Wildman–Crippen MR) is 74.3 cm³/mol. The number of amides is 1. The summed E-state index contributed by atoms with van der Waals surface area (Å²) in [5.41, 5.74) is 0. The minimum atomic E-state index is -2.27. The molecule has 0 saturated heterocycles. The van der Waals surface area contributed by atoms with E-state index >= 15 is 0 Å². The Hall–Kier alpha value is -1.08. The number of carbonyl (C=O) groups is 2. The van der Waals surface area contributed by atoms with Crippen LogP contribution in [0.3, 0.4) is 0 Å². The molecular formula is C12H25NO5Si. The van der Waals surface area contributed by atoms with E-state index in [1.807, 2.05) is 33.9 Å². The van der Waals surface area contributed by atoms with E-state index in [-0.39, 0.29) is 11.6 Å². The number of carbonyl (C=O) groups excluding carboxylic acids is 2. The van der Waals surface area contributed by atoms with Gasteiger partial charge in [-0.25, -0.2) is 4.79 Å². The predicted octanol–water partition coefficient (Wildman–Crippen LogP) is 1.64. The van der Waals surface area contributed by atoms with Crippen LogP contribution in [0.2, 0.25) is 18.1 Å². The summed E-state index contributed by atoms with van der Waals surface area (Å²) in [7, 11) is -2.27. The van der Waals surface area contributed by atoms with Crippen LogP contribution in [0.25, 0.3) is 0 Å². The maximum absolute atomic E-state index is 12.0. The molecule has 1 atom stereocenters. The van der Waals surface area contributed by atoms with E-state index in [0.29, 0.717) is 0 Å². The maximum atomic E-state index is 12.0. The molecule has 0 heterocycles. The Labute approximate surface area is 115 Å². The van der Waals surface area contributed by atoms with Crippen molar-refractivity contribution in [1.29, 1.82) is 0 Å². The van der Waals surface area contributed by atoms with Crippen molar-refractivity contribution >= 4 is 20.4 Å².